The molecule has 1 amide bonds. The van der Waals surface area contributed by atoms with Gasteiger partial charge < -0.3 is 20.9 Å². The maximum absolute atomic E-state index is 11.4. The van der Waals surface area contributed by atoms with Crippen LogP contribution >= 0.6 is 0 Å². The van der Waals surface area contributed by atoms with Crippen molar-refractivity contribution in [2.45, 2.75) is 25.9 Å². The van der Waals surface area contributed by atoms with E-state index in [4.69, 9.17) is 15.6 Å². The molecule has 88 valence electrons. The Bertz CT molecular complexity index is 230. The lowest BCUT2D eigenvalue weighted by Gasteiger charge is -2.20. The zero-order chi connectivity index (χ0) is 12.0. The van der Waals surface area contributed by atoms with Gasteiger partial charge in [-0.15, -0.1) is 0 Å². The van der Waals surface area contributed by atoms with E-state index >= 15 is 0 Å². The Morgan fingerprint density at radius 2 is 2.00 bits per heavy atom. The van der Waals surface area contributed by atoms with E-state index in [2.05, 4.69) is 5.32 Å². The summed E-state index contributed by atoms with van der Waals surface area (Å²) in [7, 11) is 1.42. The van der Waals surface area contributed by atoms with Crippen LogP contribution in [0.3, 0.4) is 0 Å². The van der Waals surface area contributed by atoms with Crippen LogP contribution < -0.4 is 11.1 Å². The van der Waals surface area contributed by atoms with Crippen molar-refractivity contribution >= 4 is 11.9 Å². The van der Waals surface area contributed by atoms with Crippen molar-refractivity contribution in [1.82, 2.24) is 5.32 Å². The summed E-state index contributed by atoms with van der Waals surface area (Å²) in [6, 6.07) is -1.75. The van der Waals surface area contributed by atoms with E-state index in [1.807, 2.05) is 0 Å². The van der Waals surface area contributed by atoms with Gasteiger partial charge in [0.15, 0.2) is 0 Å². The van der Waals surface area contributed by atoms with Gasteiger partial charge in [0.25, 0.3) is 0 Å². The highest BCUT2D eigenvalue weighted by atomic mass is 16.5. The van der Waals surface area contributed by atoms with Crippen LogP contribution in [0.5, 0.6) is 0 Å². The van der Waals surface area contributed by atoms with Crippen molar-refractivity contribution in [3.05, 3.63) is 0 Å². The summed E-state index contributed by atoms with van der Waals surface area (Å²) in [6.07, 6.45) is 0. The summed E-state index contributed by atoms with van der Waals surface area (Å²) >= 11 is 0. The minimum absolute atomic E-state index is 0.0657. The first-order valence-electron chi connectivity index (χ1n) is 4.67. The number of hydrogen-bond acceptors (Lipinski definition) is 4. The Labute approximate surface area is 88.8 Å². The smallest absolute Gasteiger partial charge is 0.326 e. The molecule has 0 aromatic heterocycles. The van der Waals surface area contributed by atoms with Crippen LogP contribution in [-0.2, 0) is 14.3 Å². The minimum atomic E-state index is -1.07. The molecule has 6 nitrogen and oxygen atoms in total. The van der Waals surface area contributed by atoms with Gasteiger partial charge in [0, 0.05) is 7.11 Å². The fourth-order valence-electron chi connectivity index (χ4n) is 1.03. The predicted molar refractivity (Wildman–Crippen MR) is 54.3 cm³/mol. The fraction of sp³-hybridized carbons (Fsp3) is 0.778. The maximum Gasteiger partial charge on any atom is 0.326 e. The lowest BCUT2D eigenvalue weighted by molar-refractivity contribution is -0.143. The van der Waals surface area contributed by atoms with E-state index in [0.29, 0.717) is 0 Å². The van der Waals surface area contributed by atoms with E-state index in [9.17, 15) is 9.59 Å². The molecule has 6 heteroatoms. The van der Waals surface area contributed by atoms with Crippen molar-refractivity contribution < 1.29 is 19.4 Å². The van der Waals surface area contributed by atoms with Crippen molar-refractivity contribution in [1.29, 1.82) is 0 Å². The lowest BCUT2D eigenvalue weighted by atomic mass is 10.0. The lowest BCUT2D eigenvalue weighted by Crippen LogP contribution is -2.51. The molecule has 0 spiro atoms. The van der Waals surface area contributed by atoms with Crippen LogP contribution in [0.25, 0.3) is 0 Å². The summed E-state index contributed by atoms with van der Waals surface area (Å²) in [5.41, 5.74) is 5.45. The Morgan fingerprint density at radius 1 is 1.47 bits per heavy atom. The number of carbonyl (C=O) groups is 2. The zero-order valence-corrected chi connectivity index (χ0v) is 9.19. The normalized spacial score (nSPS) is 14.7. The maximum atomic E-state index is 11.4. The first-order chi connectivity index (χ1) is 6.90. The van der Waals surface area contributed by atoms with Crippen LogP contribution in [0.4, 0.5) is 0 Å². The average molecular weight is 218 g/mol. The SMILES string of the molecule is COC[C@H](N)C(=O)N[C@@H](C(=O)O)C(C)C. The standard InChI is InChI=1S/C9H18N2O4/c1-5(2)7(9(13)14)11-8(12)6(10)4-15-3/h5-7H,4,10H2,1-3H3,(H,11,12)(H,13,14)/t6-,7+/m0/s1. The Hall–Kier alpha value is -1.14. The molecule has 0 unspecified atom stereocenters. The number of methoxy groups -OCH3 is 1. The number of nitrogens with one attached hydrogen (secondary N) is 1. The van der Waals surface area contributed by atoms with E-state index in [1.54, 1.807) is 13.8 Å². The summed E-state index contributed by atoms with van der Waals surface area (Å²) < 4.78 is 4.69. The summed E-state index contributed by atoms with van der Waals surface area (Å²) in [5, 5.41) is 11.2. The number of carboxylic acid groups (broad SMARTS) is 1. The molecule has 0 aromatic rings. The molecule has 0 rings (SSSR count). The van der Waals surface area contributed by atoms with Crippen LogP contribution in [0, 0.1) is 5.92 Å². The van der Waals surface area contributed by atoms with Crippen LogP contribution in [0.2, 0.25) is 0 Å². The van der Waals surface area contributed by atoms with E-state index < -0.39 is 24.0 Å². The molecule has 0 aliphatic rings. The first-order valence-corrected chi connectivity index (χ1v) is 4.67. The number of carboxylic acids is 1. The molecule has 0 aliphatic carbocycles. The molecular weight excluding hydrogens is 200 g/mol. The van der Waals surface area contributed by atoms with E-state index in [1.165, 1.54) is 7.11 Å². The molecule has 0 saturated heterocycles. The first kappa shape index (κ1) is 13.9. The number of ether oxygens (including phenoxy) is 1. The summed E-state index contributed by atoms with van der Waals surface area (Å²) in [5.74, 6) is -1.78. The highest BCUT2D eigenvalue weighted by Gasteiger charge is 2.25. The van der Waals surface area contributed by atoms with Crippen molar-refractivity contribution in [3.8, 4) is 0 Å². The molecule has 2 atom stereocenters. The van der Waals surface area contributed by atoms with Crippen molar-refractivity contribution in [3.63, 3.8) is 0 Å². The average Bonchev–Trinajstić information content (AvgIpc) is 2.12. The van der Waals surface area contributed by atoms with Gasteiger partial charge in [0.05, 0.1) is 6.61 Å². The van der Waals surface area contributed by atoms with E-state index in [0.717, 1.165) is 0 Å². The second-order valence-corrected chi connectivity index (χ2v) is 3.63. The Balaban J connectivity index is 4.29. The molecule has 0 bridgehead atoms. The number of hydrogen-bond donors (Lipinski definition) is 3. The fourth-order valence-corrected chi connectivity index (χ4v) is 1.03. The number of amides is 1. The molecule has 0 aliphatic heterocycles. The zero-order valence-electron chi connectivity index (χ0n) is 9.19. The second-order valence-electron chi connectivity index (χ2n) is 3.63. The topological polar surface area (TPSA) is 102 Å². The third-order valence-corrected chi connectivity index (χ3v) is 1.91. The van der Waals surface area contributed by atoms with Crippen LogP contribution in [0.1, 0.15) is 13.8 Å². The minimum Gasteiger partial charge on any atom is -0.480 e. The predicted octanol–water partition coefficient (Wildman–Crippen LogP) is -0.814. The van der Waals surface area contributed by atoms with Crippen molar-refractivity contribution in [2.75, 3.05) is 13.7 Å². The summed E-state index contributed by atoms with van der Waals surface area (Å²) in [4.78, 5) is 22.1. The molecule has 0 fully saturated rings. The highest BCUT2D eigenvalue weighted by Crippen LogP contribution is 2.01. The third kappa shape index (κ3) is 4.75. The molecular formula is C9H18N2O4. The molecule has 4 N–H and O–H groups in total. The second kappa shape index (κ2) is 6.36. The highest BCUT2D eigenvalue weighted by molar-refractivity contribution is 5.86. The Morgan fingerprint density at radius 3 is 2.33 bits per heavy atom. The van der Waals surface area contributed by atoms with Crippen LogP contribution in [0.15, 0.2) is 0 Å². The van der Waals surface area contributed by atoms with Gasteiger partial charge in [-0.05, 0) is 5.92 Å². The number of carbonyl (C=O) groups excluding carboxylic acids is 1. The van der Waals surface area contributed by atoms with Gasteiger partial charge in [-0.1, -0.05) is 13.8 Å². The van der Waals surface area contributed by atoms with Gasteiger partial charge in [0.1, 0.15) is 12.1 Å². The Kier molecular flexibility index (Phi) is 5.88. The van der Waals surface area contributed by atoms with Crippen molar-refractivity contribution in [2.24, 2.45) is 11.7 Å². The third-order valence-electron chi connectivity index (χ3n) is 1.91. The number of rotatable bonds is 6. The number of aliphatic carboxylic acids is 1. The summed E-state index contributed by atoms with van der Waals surface area (Å²) in [6.45, 7) is 3.48. The largest absolute Gasteiger partial charge is 0.480 e. The molecule has 15 heavy (non-hydrogen) atoms. The van der Waals surface area contributed by atoms with Gasteiger partial charge in [-0.3, -0.25) is 4.79 Å². The number of nitrogens with two attached hydrogens (primary N) is 1. The van der Waals surface area contributed by atoms with Gasteiger partial charge in [0.2, 0.25) is 5.91 Å². The monoisotopic (exact) mass is 218 g/mol. The van der Waals surface area contributed by atoms with Gasteiger partial charge in [-0.25, -0.2) is 4.79 Å². The molecule has 0 saturated carbocycles. The molecule has 0 radical (unpaired) electrons. The van der Waals surface area contributed by atoms with Gasteiger partial charge >= 0.3 is 5.97 Å². The molecule has 0 heterocycles. The van der Waals surface area contributed by atoms with E-state index in [-0.39, 0.29) is 12.5 Å². The quantitative estimate of drug-likeness (QED) is 0.541. The van der Waals surface area contributed by atoms with Crippen LogP contribution in [-0.4, -0.2) is 42.8 Å². The molecule has 0 aromatic carbocycles. The van der Waals surface area contributed by atoms with Gasteiger partial charge in [-0.2, -0.15) is 0 Å².